The maximum Gasteiger partial charge on any atom is 0.247 e. The molecule has 0 aliphatic carbocycles. The van der Waals surface area contributed by atoms with Gasteiger partial charge in [-0.25, -0.2) is 0 Å². The first-order valence-corrected chi connectivity index (χ1v) is 10.8. The second-order valence-corrected chi connectivity index (χ2v) is 9.10. The number of anilines is 1. The maximum absolute atomic E-state index is 12.7. The number of nitrogens with one attached hydrogen (secondary N) is 1. The Morgan fingerprint density at radius 2 is 1.92 bits per heavy atom. The molecule has 2 heterocycles. The Morgan fingerprint density at radius 3 is 2.58 bits per heavy atom. The summed E-state index contributed by atoms with van der Waals surface area (Å²) < 4.78 is 0. The van der Waals surface area contributed by atoms with Crippen LogP contribution in [0, 0.1) is 0 Å². The molecule has 2 aliphatic rings. The van der Waals surface area contributed by atoms with Crippen molar-refractivity contribution in [2.24, 2.45) is 0 Å². The smallest absolute Gasteiger partial charge is 0.247 e. The SMILES string of the molecule is O=C(Nc1cc(Cl)cc(Cl)c1)C1CCCN1C(=O)C1CSCCS1. The van der Waals surface area contributed by atoms with E-state index in [1.807, 2.05) is 11.8 Å². The number of nitrogens with zero attached hydrogens (tertiary/aromatic N) is 1. The van der Waals surface area contributed by atoms with E-state index in [4.69, 9.17) is 23.2 Å². The Balaban J connectivity index is 1.67. The molecule has 2 amide bonds. The molecule has 0 spiro atoms. The molecule has 1 aromatic rings. The quantitative estimate of drug-likeness (QED) is 0.832. The molecule has 2 saturated heterocycles. The predicted molar refractivity (Wildman–Crippen MR) is 103 cm³/mol. The minimum Gasteiger partial charge on any atom is -0.330 e. The van der Waals surface area contributed by atoms with E-state index >= 15 is 0 Å². The molecule has 1 N–H and O–H groups in total. The van der Waals surface area contributed by atoms with Gasteiger partial charge in [0.25, 0.3) is 0 Å². The van der Waals surface area contributed by atoms with Crippen molar-refractivity contribution in [3.8, 4) is 0 Å². The van der Waals surface area contributed by atoms with Gasteiger partial charge in [0.15, 0.2) is 0 Å². The van der Waals surface area contributed by atoms with Crippen LogP contribution in [0.1, 0.15) is 12.8 Å². The van der Waals surface area contributed by atoms with Gasteiger partial charge in [-0.3, -0.25) is 9.59 Å². The topological polar surface area (TPSA) is 49.4 Å². The average Bonchev–Trinajstić information content (AvgIpc) is 3.03. The lowest BCUT2D eigenvalue weighted by atomic mass is 10.2. The van der Waals surface area contributed by atoms with Crippen LogP contribution in [0.25, 0.3) is 0 Å². The van der Waals surface area contributed by atoms with Gasteiger partial charge in [-0.15, -0.1) is 11.8 Å². The van der Waals surface area contributed by atoms with Crippen molar-refractivity contribution in [2.45, 2.75) is 24.1 Å². The van der Waals surface area contributed by atoms with E-state index in [9.17, 15) is 9.59 Å². The molecule has 1 aromatic carbocycles. The van der Waals surface area contributed by atoms with E-state index in [1.165, 1.54) is 0 Å². The lowest BCUT2D eigenvalue weighted by Crippen LogP contribution is -2.47. The number of benzene rings is 1. The zero-order valence-electron chi connectivity index (χ0n) is 13.0. The van der Waals surface area contributed by atoms with E-state index in [-0.39, 0.29) is 17.1 Å². The number of halogens is 2. The number of thioether (sulfide) groups is 2. The summed E-state index contributed by atoms with van der Waals surface area (Å²) in [6.07, 6.45) is 1.54. The lowest BCUT2D eigenvalue weighted by Gasteiger charge is -2.29. The Labute approximate surface area is 160 Å². The van der Waals surface area contributed by atoms with Crippen molar-refractivity contribution in [1.82, 2.24) is 4.90 Å². The van der Waals surface area contributed by atoms with Crippen LogP contribution in [0.3, 0.4) is 0 Å². The summed E-state index contributed by atoms with van der Waals surface area (Å²) in [4.78, 5) is 27.1. The van der Waals surface area contributed by atoms with Crippen LogP contribution in [0.5, 0.6) is 0 Å². The lowest BCUT2D eigenvalue weighted by molar-refractivity contribution is -0.135. The summed E-state index contributed by atoms with van der Waals surface area (Å²) in [6, 6.07) is 4.50. The zero-order valence-corrected chi connectivity index (χ0v) is 16.1. The van der Waals surface area contributed by atoms with Gasteiger partial charge >= 0.3 is 0 Å². The van der Waals surface area contributed by atoms with Gasteiger partial charge in [-0.2, -0.15) is 11.8 Å². The van der Waals surface area contributed by atoms with Gasteiger partial charge in [-0.1, -0.05) is 23.2 Å². The molecule has 0 bridgehead atoms. The van der Waals surface area contributed by atoms with Crippen LogP contribution in [-0.4, -0.2) is 51.8 Å². The summed E-state index contributed by atoms with van der Waals surface area (Å²) >= 11 is 15.4. The molecule has 0 saturated carbocycles. The first-order chi connectivity index (χ1) is 11.5. The zero-order chi connectivity index (χ0) is 17.1. The summed E-state index contributed by atoms with van der Waals surface area (Å²) in [6.45, 7) is 0.648. The van der Waals surface area contributed by atoms with Crippen molar-refractivity contribution in [3.05, 3.63) is 28.2 Å². The van der Waals surface area contributed by atoms with Gasteiger partial charge in [0.05, 0.1) is 5.25 Å². The molecule has 0 radical (unpaired) electrons. The summed E-state index contributed by atoms with van der Waals surface area (Å²) in [5.74, 6) is 2.83. The highest BCUT2D eigenvalue weighted by Gasteiger charge is 2.37. The van der Waals surface area contributed by atoms with Crippen LogP contribution >= 0.6 is 46.7 Å². The second-order valence-electron chi connectivity index (χ2n) is 5.77. The highest BCUT2D eigenvalue weighted by atomic mass is 35.5. The Hall–Kier alpha value is -0.560. The van der Waals surface area contributed by atoms with E-state index in [2.05, 4.69) is 5.32 Å². The fourth-order valence-electron chi connectivity index (χ4n) is 2.97. The Kier molecular flexibility index (Phi) is 6.24. The minimum atomic E-state index is -0.414. The fraction of sp³-hybridized carbons (Fsp3) is 0.500. The first kappa shape index (κ1) is 18.2. The Bertz CT molecular complexity index is 618. The van der Waals surface area contributed by atoms with Gasteiger partial charge in [0.1, 0.15) is 6.04 Å². The number of amides is 2. The average molecular weight is 405 g/mol. The third-order valence-electron chi connectivity index (χ3n) is 4.06. The van der Waals surface area contributed by atoms with Crippen LogP contribution in [-0.2, 0) is 9.59 Å². The molecule has 24 heavy (non-hydrogen) atoms. The minimum absolute atomic E-state index is 0.0298. The van der Waals surface area contributed by atoms with Crippen LogP contribution in [0.4, 0.5) is 5.69 Å². The van der Waals surface area contributed by atoms with E-state index < -0.39 is 6.04 Å². The van der Waals surface area contributed by atoms with Crippen LogP contribution < -0.4 is 5.32 Å². The number of carbonyl (C=O) groups is 2. The molecule has 2 unspecified atom stereocenters. The molecule has 130 valence electrons. The maximum atomic E-state index is 12.7. The standard InChI is InChI=1S/C16H18Cl2N2O2S2/c17-10-6-11(18)8-12(7-10)19-15(21)13-2-1-3-20(13)16(22)14-9-23-4-5-24-14/h6-8,13-14H,1-5,9H2,(H,19,21). The van der Waals surface area contributed by atoms with E-state index in [0.717, 1.165) is 23.7 Å². The number of hydrogen-bond donors (Lipinski definition) is 1. The monoisotopic (exact) mass is 404 g/mol. The largest absolute Gasteiger partial charge is 0.330 e. The number of carbonyl (C=O) groups excluding carboxylic acids is 2. The normalized spacial score (nSPS) is 24.0. The number of likely N-dealkylation sites (tertiary alicyclic amines) is 1. The highest BCUT2D eigenvalue weighted by Crippen LogP contribution is 2.29. The molecule has 0 aromatic heterocycles. The molecule has 4 nitrogen and oxygen atoms in total. The predicted octanol–water partition coefficient (Wildman–Crippen LogP) is 3.77. The molecule has 2 atom stereocenters. The highest BCUT2D eigenvalue weighted by molar-refractivity contribution is 8.07. The summed E-state index contributed by atoms with van der Waals surface area (Å²) in [7, 11) is 0. The number of hydrogen-bond acceptors (Lipinski definition) is 4. The van der Waals surface area contributed by atoms with Gasteiger partial charge < -0.3 is 10.2 Å². The number of rotatable bonds is 3. The van der Waals surface area contributed by atoms with E-state index in [0.29, 0.717) is 28.7 Å². The van der Waals surface area contributed by atoms with Gasteiger partial charge in [0, 0.05) is 39.5 Å². The van der Waals surface area contributed by atoms with Gasteiger partial charge in [0.2, 0.25) is 11.8 Å². The van der Waals surface area contributed by atoms with Crippen molar-refractivity contribution in [3.63, 3.8) is 0 Å². The molecule has 2 aliphatic heterocycles. The van der Waals surface area contributed by atoms with Crippen LogP contribution in [0.2, 0.25) is 10.0 Å². The molecular weight excluding hydrogens is 387 g/mol. The molecular formula is C16H18Cl2N2O2S2. The third-order valence-corrected chi connectivity index (χ3v) is 7.24. The fourth-order valence-corrected chi connectivity index (χ4v) is 6.11. The Morgan fingerprint density at radius 1 is 1.17 bits per heavy atom. The van der Waals surface area contributed by atoms with E-state index in [1.54, 1.807) is 34.9 Å². The second kappa shape index (κ2) is 8.21. The molecule has 8 heteroatoms. The third kappa shape index (κ3) is 4.34. The van der Waals surface area contributed by atoms with Crippen LogP contribution in [0.15, 0.2) is 18.2 Å². The van der Waals surface area contributed by atoms with Crippen molar-refractivity contribution < 1.29 is 9.59 Å². The summed E-state index contributed by atoms with van der Waals surface area (Å²) in [5, 5.41) is 3.74. The van der Waals surface area contributed by atoms with Crippen molar-refractivity contribution in [1.29, 1.82) is 0 Å². The van der Waals surface area contributed by atoms with Crippen molar-refractivity contribution in [2.75, 3.05) is 29.1 Å². The summed E-state index contributed by atoms with van der Waals surface area (Å²) in [5.41, 5.74) is 0.555. The molecule has 2 fully saturated rings. The van der Waals surface area contributed by atoms with Gasteiger partial charge in [-0.05, 0) is 31.0 Å². The first-order valence-electron chi connectivity index (χ1n) is 7.81. The van der Waals surface area contributed by atoms with Crippen molar-refractivity contribution >= 4 is 64.2 Å². The molecule has 3 rings (SSSR count).